The number of carbonyl (C=O) groups excluding carboxylic acids is 2. The minimum absolute atomic E-state index is 0.0111. The lowest BCUT2D eigenvalue weighted by molar-refractivity contribution is -0.143. The predicted molar refractivity (Wildman–Crippen MR) is 90.2 cm³/mol. The van der Waals surface area contributed by atoms with Crippen LogP contribution in [0.4, 0.5) is 5.82 Å². The molecule has 7 heteroatoms. The normalized spacial score (nSPS) is 13.4. The molecule has 2 rings (SSSR count). The third kappa shape index (κ3) is 4.38. The molecule has 0 atom stereocenters. The van der Waals surface area contributed by atoms with E-state index in [-0.39, 0.29) is 11.7 Å². The Kier molecular flexibility index (Phi) is 5.68. The summed E-state index contributed by atoms with van der Waals surface area (Å²) in [6.07, 6.45) is 1.31. The van der Waals surface area contributed by atoms with E-state index in [2.05, 4.69) is 10.3 Å². The van der Waals surface area contributed by atoms with Crippen molar-refractivity contribution in [2.75, 3.05) is 5.32 Å². The number of pyridine rings is 1. The van der Waals surface area contributed by atoms with E-state index in [4.69, 9.17) is 4.74 Å². The summed E-state index contributed by atoms with van der Waals surface area (Å²) in [7, 11) is 0. The third-order valence-electron chi connectivity index (χ3n) is 2.54. The van der Waals surface area contributed by atoms with Crippen LogP contribution in [0.5, 0.6) is 0 Å². The van der Waals surface area contributed by atoms with Gasteiger partial charge in [0, 0.05) is 6.20 Å². The molecule has 0 unspecified atom stereocenters. The second-order valence-corrected chi connectivity index (χ2v) is 6.89. The molecule has 0 bridgehead atoms. The summed E-state index contributed by atoms with van der Waals surface area (Å²) in [6, 6.07) is 3.57. The van der Waals surface area contributed by atoms with Crippen LogP contribution in [-0.4, -0.2) is 23.0 Å². The lowest BCUT2D eigenvalue weighted by atomic mass is 10.2. The maximum atomic E-state index is 12.5. The predicted octanol–water partition coefficient (Wildman–Crippen LogP) is 3.44. The van der Waals surface area contributed by atoms with Crippen molar-refractivity contribution in [2.45, 2.75) is 26.9 Å². The number of thioether (sulfide) groups is 2. The van der Waals surface area contributed by atoms with Crippen molar-refractivity contribution in [3.8, 4) is 0 Å². The van der Waals surface area contributed by atoms with Gasteiger partial charge in [-0.05, 0) is 49.3 Å². The lowest BCUT2D eigenvalue weighted by Gasteiger charge is -2.13. The number of nitrogens with zero attached hydrogens (tertiary/aromatic N) is 1. The molecule has 1 aromatic heterocycles. The Bertz CT molecular complexity index is 644. The van der Waals surface area contributed by atoms with Gasteiger partial charge < -0.3 is 10.1 Å². The highest BCUT2D eigenvalue weighted by atomic mass is 32.2. The molecule has 0 saturated carbocycles. The van der Waals surface area contributed by atoms with Crippen molar-refractivity contribution in [1.29, 1.82) is 0 Å². The van der Waals surface area contributed by atoms with Gasteiger partial charge in [-0.15, -0.1) is 0 Å². The number of esters is 1. The Balaban J connectivity index is 2.23. The van der Waals surface area contributed by atoms with Gasteiger partial charge in [0.1, 0.15) is 11.4 Å². The van der Waals surface area contributed by atoms with E-state index in [1.165, 1.54) is 23.5 Å². The summed E-state index contributed by atoms with van der Waals surface area (Å²) < 4.78 is 5.78. The van der Waals surface area contributed by atoms with E-state index in [9.17, 15) is 9.59 Å². The largest absolute Gasteiger partial charge is 0.459 e. The molecule has 0 spiro atoms. The summed E-state index contributed by atoms with van der Waals surface area (Å²) in [5.74, 6) is -0.734. The summed E-state index contributed by atoms with van der Waals surface area (Å²) in [5, 5.41) is 6.29. The molecule has 1 aliphatic heterocycles. The average Bonchev–Trinajstić information content (AvgIpc) is 2.91. The first-order valence-electron chi connectivity index (χ1n) is 6.65. The number of hydrogen-bond acceptors (Lipinski definition) is 6. The molecular weight excluding hydrogens is 320 g/mol. The van der Waals surface area contributed by atoms with Crippen LogP contribution in [0.3, 0.4) is 0 Å². The Hall–Kier alpha value is -1.73. The molecule has 0 saturated heterocycles. The van der Waals surface area contributed by atoms with E-state index >= 15 is 0 Å². The molecule has 0 radical (unpaired) electrons. The summed E-state index contributed by atoms with van der Waals surface area (Å²) in [6.45, 7) is 5.39. The maximum absolute atomic E-state index is 12.5. The van der Waals surface area contributed by atoms with Crippen molar-refractivity contribution in [1.82, 2.24) is 4.98 Å². The molecule has 1 N–H and O–H groups in total. The lowest BCUT2D eigenvalue weighted by Crippen LogP contribution is -2.25. The average molecular weight is 336 g/mol. The van der Waals surface area contributed by atoms with Crippen molar-refractivity contribution < 1.29 is 14.3 Å². The number of aromatic nitrogens is 1. The molecule has 116 valence electrons. The molecular formula is C15H16N2O3S2. The van der Waals surface area contributed by atoms with E-state index in [1.54, 1.807) is 26.1 Å². The van der Waals surface area contributed by atoms with Crippen molar-refractivity contribution >= 4 is 41.2 Å². The van der Waals surface area contributed by atoms with Gasteiger partial charge in [-0.1, -0.05) is 23.5 Å². The third-order valence-corrected chi connectivity index (χ3v) is 4.67. The fourth-order valence-corrected chi connectivity index (χ4v) is 3.48. The van der Waals surface area contributed by atoms with Gasteiger partial charge in [0.2, 0.25) is 0 Å². The van der Waals surface area contributed by atoms with Gasteiger partial charge in [0.15, 0.2) is 0 Å². The van der Waals surface area contributed by atoms with Crippen LogP contribution in [0.2, 0.25) is 0 Å². The van der Waals surface area contributed by atoms with Crippen LogP contribution in [-0.2, 0) is 14.3 Å². The van der Waals surface area contributed by atoms with E-state index in [1.807, 2.05) is 23.8 Å². The quantitative estimate of drug-likeness (QED) is 0.393. The molecule has 2 heterocycles. The molecule has 0 aliphatic carbocycles. The van der Waals surface area contributed by atoms with Crippen LogP contribution in [0.15, 0.2) is 39.0 Å². The van der Waals surface area contributed by atoms with Crippen molar-refractivity contribution in [2.24, 2.45) is 0 Å². The van der Waals surface area contributed by atoms with Gasteiger partial charge in [-0.2, -0.15) is 0 Å². The van der Waals surface area contributed by atoms with Crippen LogP contribution in [0.25, 0.3) is 0 Å². The topological polar surface area (TPSA) is 68.3 Å². The molecule has 1 aliphatic rings. The zero-order chi connectivity index (χ0) is 16.1. The number of anilines is 1. The smallest absolute Gasteiger partial charge is 0.345 e. The monoisotopic (exact) mass is 336 g/mol. The number of carbonyl (C=O) groups is 2. The van der Waals surface area contributed by atoms with E-state index in [0.29, 0.717) is 10.1 Å². The molecule has 1 amide bonds. The van der Waals surface area contributed by atoms with Crippen LogP contribution < -0.4 is 5.32 Å². The molecule has 5 nitrogen and oxygen atoms in total. The van der Waals surface area contributed by atoms with E-state index in [0.717, 1.165) is 5.56 Å². The summed E-state index contributed by atoms with van der Waals surface area (Å²) in [4.78, 5) is 28.8. The van der Waals surface area contributed by atoms with Gasteiger partial charge in [-0.3, -0.25) is 4.79 Å². The minimum atomic E-state index is -0.626. The highest BCUT2D eigenvalue weighted by molar-refractivity contribution is 8.27. The summed E-state index contributed by atoms with van der Waals surface area (Å²) >= 11 is 2.66. The fourth-order valence-electron chi connectivity index (χ4n) is 1.65. The first kappa shape index (κ1) is 16.6. The SMILES string of the molecule is Cc1ccnc(NC(=O)C(C(=O)OC(C)C)=C2SC=CS2)c1. The van der Waals surface area contributed by atoms with Gasteiger partial charge in [-0.25, -0.2) is 9.78 Å². The Morgan fingerprint density at radius 1 is 1.27 bits per heavy atom. The minimum Gasteiger partial charge on any atom is -0.459 e. The first-order chi connectivity index (χ1) is 10.5. The highest BCUT2D eigenvalue weighted by Gasteiger charge is 2.27. The van der Waals surface area contributed by atoms with Crippen molar-refractivity contribution in [3.63, 3.8) is 0 Å². The highest BCUT2D eigenvalue weighted by Crippen LogP contribution is 2.40. The second kappa shape index (κ2) is 7.51. The zero-order valence-corrected chi connectivity index (χ0v) is 14.1. The molecule has 22 heavy (non-hydrogen) atoms. The van der Waals surface area contributed by atoms with Crippen LogP contribution >= 0.6 is 23.5 Å². The zero-order valence-electron chi connectivity index (χ0n) is 12.5. The Morgan fingerprint density at radius 2 is 1.95 bits per heavy atom. The molecule has 0 aromatic carbocycles. The fraction of sp³-hybridized carbons (Fsp3) is 0.267. The van der Waals surface area contributed by atoms with Gasteiger partial charge in [0.25, 0.3) is 5.91 Å². The van der Waals surface area contributed by atoms with E-state index < -0.39 is 11.9 Å². The Morgan fingerprint density at radius 3 is 2.55 bits per heavy atom. The number of nitrogens with one attached hydrogen (secondary N) is 1. The molecule has 1 aromatic rings. The number of ether oxygens (including phenoxy) is 1. The maximum Gasteiger partial charge on any atom is 0.345 e. The Labute approximate surface area is 137 Å². The van der Waals surface area contributed by atoms with Gasteiger partial charge >= 0.3 is 5.97 Å². The number of amides is 1. The number of hydrogen-bond donors (Lipinski definition) is 1. The first-order valence-corrected chi connectivity index (χ1v) is 8.41. The van der Waals surface area contributed by atoms with Gasteiger partial charge in [0.05, 0.1) is 10.3 Å². The number of aryl methyl sites for hydroxylation is 1. The molecule has 0 fully saturated rings. The standard InChI is InChI=1S/C15H16N2O3S2/c1-9(2)20-14(19)12(15-21-6-7-22-15)13(18)17-11-8-10(3)4-5-16-11/h4-9H,1-3H3,(H,16,17,18). The van der Waals surface area contributed by atoms with Crippen LogP contribution in [0, 0.1) is 6.92 Å². The second-order valence-electron chi connectivity index (χ2n) is 4.80. The summed E-state index contributed by atoms with van der Waals surface area (Å²) in [5.41, 5.74) is 0.979. The van der Waals surface area contributed by atoms with Crippen molar-refractivity contribution in [3.05, 3.63) is 44.5 Å². The van der Waals surface area contributed by atoms with Crippen LogP contribution in [0.1, 0.15) is 19.4 Å². The number of rotatable bonds is 4.